The molecular weight excluding hydrogens is 274 g/mol. The van der Waals surface area contributed by atoms with Gasteiger partial charge in [0.2, 0.25) is 0 Å². The standard InChI is InChI=1S/C14H15N3O4/c1-2-8-7-10(18)20-13-11(8)12(19)15-14(16-13)21-17-9-5-3-4-6-9/h7H,2-6H2,1H3,(H,15,16,19)/p+1. The van der Waals surface area contributed by atoms with Crippen LogP contribution in [0.3, 0.4) is 0 Å². The molecule has 0 amide bonds. The summed E-state index contributed by atoms with van der Waals surface area (Å²) in [5.74, 6) is 0. The number of aromatic amines is 2. The Morgan fingerprint density at radius 3 is 2.86 bits per heavy atom. The summed E-state index contributed by atoms with van der Waals surface area (Å²) in [6.07, 6.45) is 4.59. The summed E-state index contributed by atoms with van der Waals surface area (Å²) < 4.78 is 5.04. The van der Waals surface area contributed by atoms with Crippen molar-refractivity contribution in [3.8, 4) is 6.01 Å². The Bertz CT molecular complexity index is 811. The van der Waals surface area contributed by atoms with E-state index in [0.29, 0.717) is 17.4 Å². The molecule has 7 heteroatoms. The molecule has 1 fully saturated rings. The third kappa shape index (κ3) is 2.72. The van der Waals surface area contributed by atoms with Gasteiger partial charge in [-0.1, -0.05) is 12.1 Å². The third-order valence-electron chi connectivity index (χ3n) is 3.55. The predicted octanol–water partition coefficient (Wildman–Crippen LogP) is 1.17. The molecule has 3 rings (SSSR count). The fourth-order valence-corrected chi connectivity index (χ4v) is 2.49. The first-order chi connectivity index (χ1) is 10.2. The number of nitrogens with zero attached hydrogens (tertiary/aromatic N) is 1. The van der Waals surface area contributed by atoms with Gasteiger partial charge in [-0.25, -0.2) is 9.59 Å². The zero-order chi connectivity index (χ0) is 14.8. The molecule has 0 bridgehead atoms. The van der Waals surface area contributed by atoms with Gasteiger partial charge >= 0.3 is 22.9 Å². The van der Waals surface area contributed by atoms with E-state index in [1.54, 1.807) is 0 Å². The average Bonchev–Trinajstić information content (AvgIpc) is 2.97. The lowest BCUT2D eigenvalue weighted by molar-refractivity contribution is -0.380. The monoisotopic (exact) mass is 290 g/mol. The fourth-order valence-electron chi connectivity index (χ4n) is 2.49. The molecule has 0 spiro atoms. The van der Waals surface area contributed by atoms with Crippen LogP contribution >= 0.6 is 0 Å². The highest BCUT2D eigenvalue weighted by molar-refractivity contribution is 5.85. The number of nitrogens with one attached hydrogen (secondary N) is 2. The predicted molar refractivity (Wildman–Crippen MR) is 75.6 cm³/mol. The number of oxime groups is 1. The molecule has 0 saturated heterocycles. The number of aromatic nitrogens is 2. The van der Waals surface area contributed by atoms with Gasteiger partial charge in [-0.3, -0.25) is 4.84 Å². The minimum absolute atomic E-state index is 0.0586. The van der Waals surface area contributed by atoms with Crippen molar-refractivity contribution in [1.29, 1.82) is 0 Å². The zero-order valence-electron chi connectivity index (χ0n) is 11.7. The zero-order valence-corrected chi connectivity index (χ0v) is 11.7. The van der Waals surface area contributed by atoms with Gasteiger partial charge in [0.15, 0.2) is 5.39 Å². The van der Waals surface area contributed by atoms with Crippen LogP contribution in [0.4, 0.5) is 0 Å². The van der Waals surface area contributed by atoms with Crippen molar-refractivity contribution in [2.75, 3.05) is 0 Å². The van der Waals surface area contributed by atoms with Crippen molar-refractivity contribution in [3.05, 3.63) is 32.4 Å². The van der Waals surface area contributed by atoms with Crippen LogP contribution < -0.4 is 21.0 Å². The van der Waals surface area contributed by atoms with Gasteiger partial charge < -0.3 is 4.42 Å². The second-order valence-electron chi connectivity index (χ2n) is 5.01. The van der Waals surface area contributed by atoms with E-state index in [2.05, 4.69) is 15.1 Å². The van der Waals surface area contributed by atoms with Crippen molar-refractivity contribution in [1.82, 2.24) is 4.98 Å². The van der Waals surface area contributed by atoms with Crippen LogP contribution in [-0.2, 0) is 6.42 Å². The van der Waals surface area contributed by atoms with Gasteiger partial charge in [-0.05, 0) is 37.7 Å². The van der Waals surface area contributed by atoms with Crippen molar-refractivity contribution in [2.24, 2.45) is 5.16 Å². The second-order valence-corrected chi connectivity index (χ2v) is 5.01. The van der Waals surface area contributed by atoms with Crippen molar-refractivity contribution in [3.63, 3.8) is 0 Å². The number of hydrogen-bond acceptors (Lipinski definition) is 5. The molecule has 0 unspecified atom stereocenters. The minimum atomic E-state index is -0.505. The van der Waals surface area contributed by atoms with E-state index in [0.717, 1.165) is 31.4 Å². The Morgan fingerprint density at radius 1 is 1.38 bits per heavy atom. The van der Waals surface area contributed by atoms with Crippen LogP contribution in [-0.4, -0.2) is 10.7 Å². The second kappa shape index (κ2) is 5.51. The highest BCUT2D eigenvalue weighted by Crippen LogP contribution is 2.15. The van der Waals surface area contributed by atoms with Crippen LogP contribution in [0, 0.1) is 0 Å². The van der Waals surface area contributed by atoms with Crippen molar-refractivity contribution < 1.29 is 14.2 Å². The molecule has 2 aromatic heterocycles. The minimum Gasteiger partial charge on any atom is -0.385 e. The maximum Gasteiger partial charge on any atom is 0.484 e. The maximum absolute atomic E-state index is 12.1. The van der Waals surface area contributed by atoms with Crippen LogP contribution in [0.15, 0.2) is 25.2 Å². The smallest absolute Gasteiger partial charge is 0.385 e. The number of aryl methyl sites for hydroxylation is 1. The van der Waals surface area contributed by atoms with E-state index in [1.807, 2.05) is 6.92 Å². The van der Waals surface area contributed by atoms with E-state index in [9.17, 15) is 9.59 Å². The molecular formula is C14H16N3O4+. The maximum atomic E-state index is 12.1. The first-order valence-corrected chi connectivity index (χ1v) is 7.02. The van der Waals surface area contributed by atoms with Crippen molar-refractivity contribution >= 4 is 16.8 Å². The van der Waals surface area contributed by atoms with Crippen LogP contribution in [0.5, 0.6) is 6.01 Å². The molecule has 0 aromatic carbocycles. The van der Waals surface area contributed by atoms with Gasteiger partial charge in [-0.2, -0.15) is 9.97 Å². The molecule has 1 aliphatic rings. The molecule has 0 aliphatic heterocycles. The summed E-state index contributed by atoms with van der Waals surface area (Å²) in [6.45, 7) is 1.87. The van der Waals surface area contributed by atoms with Crippen molar-refractivity contribution in [2.45, 2.75) is 39.0 Å². The SMILES string of the molecule is CCc1cc(=O)oc2[nH+]c(ON=C3CCCC3)[nH]c(=O)c12. The van der Waals surface area contributed by atoms with E-state index in [4.69, 9.17) is 9.25 Å². The normalized spacial score (nSPS) is 14.6. The lowest BCUT2D eigenvalue weighted by Crippen LogP contribution is -2.23. The van der Waals surface area contributed by atoms with E-state index < -0.39 is 5.63 Å². The molecule has 2 aromatic rings. The Morgan fingerprint density at radius 2 is 2.14 bits per heavy atom. The highest BCUT2D eigenvalue weighted by Gasteiger charge is 2.18. The first-order valence-electron chi connectivity index (χ1n) is 7.02. The van der Waals surface area contributed by atoms with Crippen LogP contribution in [0.1, 0.15) is 38.2 Å². The number of hydrogen-bond donors (Lipinski definition) is 1. The average molecular weight is 290 g/mol. The Hall–Kier alpha value is -2.44. The van der Waals surface area contributed by atoms with E-state index in [1.165, 1.54) is 6.07 Å². The molecule has 0 radical (unpaired) electrons. The Balaban J connectivity index is 2.04. The summed E-state index contributed by atoms with van der Waals surface area (Å²) in [6, 6.07) is 1.38. The molecule has 21 heavy (non-hydrogen) atoms. The third-order valence-corrected chi connectivity index (χ3v) is 3.55. The van der Waals surface area contributed by atoms with Gasteiger partial charge in [0, 0.05) is 6.07 Å². The van der Waals surface area contributed by atoms with Crippen LogP contribution in [0.25, 0.3) is 11.1 Å². The fraction of sp³-hybridized carbons (Fsp3) is 0.429. The largest absolute Gasteiger partial charge is 0.484 e. The summed E-state index contributed by atoms with van der Waals surface area (Å²) in [5.41, 5.74) is 0.825. The lowest BCUT2D eigenvalue weighted by Gasteiger charge is -1.99. The van der Waals surface area contributed by atoms with Gasteiger partial charge in [0.25, 0.3) is 0 Å². The molecule has 1 aliphatic carbocycles. The number of fused-ring (bicyclic) bond motifs is 1. The quantitative estimate of drug-likeness (QED) is 0.857. The summed E-state index contributed by atoms with van der Waals surface area (Å²) >= 11 is 0. The molecule has 110 valence electrons. The molecule has 2 heterocycles. The van der Waals surface area contributed by atoms with E-state index >= 15 is 0 Å². The van der Waals surface area contributed by atoms with Crippen LogP contribution in [0.2, 0.25) is 0 Å². The lowest BCUT2D eigenvalue weighted by atomic mass is 10.1. The van der Waals surface area contributed by atoms with Gasteiger partial charge in [0.05, 0.1) is 5.71 Å². The van der Waals surface area contributed by atoms with E-state index in [-0.39, 0.29) is 17.3 Å². The Kier molecular flexibility index (Phi) is 3.55. The molecule has 0 atom stereocenters. The molecule has 2 N–H and O–H groups in total. The molecule has 7 nitrogen and oxygen atoms in total. The summed E-state index contributed by atoms with van der Waals surface area (Å²) in [4.78, 5) is 34.1. The first kappa shape index (κ1) is 13.5. The summed E-state index contributed by atoms with van der Waals surface area (Å²) in [7, 11) is 0. The summed E-state index contributed by atoms with van der Waals surface area (Å²) in [5, 5.41) is 4.33. The molecule has 1 saturated carbocycles. The number of rotatable bonds is 3. The highest BCUT2D eigenvalue weighted by atomic mass is 16.6. The Labute approximate surface area is 119 Å². The van der Waals surface area contributed by atoms with Gasteiger partial charge in [-0.15, -0.1) is 0 Å². The van der Waals surface area contributed by atoms with Gasteiger partial charge in [0.1, 0.15) is 0 Å². The topological polar surface area (TPSA) is 98.8 Å². The number of H-pyrrole nitrogens is 2.